The van der Waals surface area contributed by atoms with Crippen molar-refractivity contribution in [1.82, 2.24) is 4.98 Å². The van der Waals surface area contributed by atoms with E-state index in [1.54, 1.807) is 12.3 Å². The minimum absolute atomic E-state index is 0.594. The molecule has 1 aromatic rings. The van der Waals surface area contributed by atoms with E-state index in [9.17, 15) is 0 Å². The Labute approximate surface area is 74.9 Å². The number of hydrogen-bond acceptors (Lipinski definition) is 3. The van der Waals surface area contributed by atoms with E-state index < -0.39 is 0 Å². The lowest BCUT2D eigenvalue weighted by Crippen LogP contribution is -1.79. The highest BCUT2D eigenvalue weighted by Gasteiger charge is 1.96. The van der Waals surface area contributed by atoms with Crippen LogP contribution in [0.2, 0.25) is 5.02 Å². The van der Waals surface area contributed by atoms with Crippen LogP contribution in [0.5, 0.6) is 0 Å². The van der Waals surface area contributed by atoms with Gasteiger partial charge in [-0.15, -0.1) is 0 Å². The quantitative estimate of drug-likeness (QED) is 0.496. The lowest BCUT2D eigenvalue weighted by molar-refractivity contribution is 1.19. The molecule has 0 aromatic carbocycles. The van der Waals surface area contributed by atoms with Crippen LogP contribution in [0.1, 0.15) is 5.69 Å². The number of thiocarbonyl (C=S) groups is 1. The highest BCUT2D eigenvalue weighted by atomic mass is 35.5. The van der Waals surface area contributed by atoms with Crippen LogP contribution >= 0.6 is 23.8 Å². The van der Waals surface area contributed by atoms with Gasteiger partial charge in [0.05, 0.1) is 27.8 Å². The molecule has 0 amide bonds. The number of halogens is 1. The van der Waals surface area contributed by atoms with Crippen molar-refractivity contribution >= 4 is 34.7 Å². The first-order valence-corrected chi connectivity index (χ1v) is 3.72. The van der Waals surface area contributed by atoms with Gasteiger partial charge in [-0.3, -0.25) is 4.98 Å². The SMILES string of the molecule is Cc1ncc(N=C=S)cc1Cl. The third kappa shape index (κ3) is 2.09. The molecule has 56 valence electrons. The van der Waals surface area contributed by atoms with E-state index in [4.69, 9.17) is 11.6 Å². The molecule has 0 N–H and O–H groups in total. The number of nitrogens with zero attached hydrogens (tertiary/aromatic N) is 2. The largest absolute Gasteiger partial charge is 0.258 e. The second kappa shape index (κ2) is 3.58. The molecule has 0 saturated carbocycles. The van der Waals surface area contributed by atoms with E-state index in [1.165, 1.54) is 0 Å². The molecule has 11 heavy (non-hydrogen) atoms. The molecule has 4 heteroatoms. The zero-order valence-electron chi connectivity index (χ0n) is 5.84. The number of aryl methyl sites for hydroxylation is 1. The highest BCUT2D eigenvalue weighted by Crippen LogP contribution is 2.18. The minimum atomic E-state index is 0.594. The van der Waals surface area contributed by atoms with Crippen molar-refractivity contribution in [2.45, 2.75) is 6.92 Å². The second-order valence-corrected chi connectivity index (χ2v) is 2.55. The fourth-order valence-electron chi connectivity index (χ4n) is 0.610. The first kappa shape index (κ1) is 8.34. The molecule has 0 bridgehead atoms. The van der Waals surface area contributed by atoms with Crippen molar-refractivity contribution in [3.8, 4) is 0 Å². The van der Waals surface area contributed by atoms with Gasteiger partial charge in [0.2, 0.25) is 0 Å². The Morgan fingerprint density at radius 3 is 3.00 bits per heavy atom. The van der Waals surface area contributed by atoms with Crippen molar-refractivity contribution in [3.05, 3.63) is 23.0 Å². The van der Waals surface area contributed by atoms with Crippen molar-refractivity contribution < 1.29 is 0 Å². The fourth-order valence-corrected chi connectivity index (χ4v) is 0.876. The van der Waals surface area contributed by atoms with Gasteiger partial charge in [-0.1, -0.05) is 11.6 Å². The molecule has 0 aliphatic carbocycles. The van der Waals surface area contributed by atoms with Crippen molar-refractivity contribution in [1.29, 1.82) is 0 Å². The molecule has 0 spiro atoms. The molecule has 2 nitrogen and oxygen atoms in total. The Hall–Kier alpha value is -0.760. The van der Waals surface area contributed by atoms with Gasteiger partial charge in [0.1, 0.15) is 0 Å². The van der Waals surface area contributed by atoms with Crippen LogP contribution in [0.3, 0.4) is 0 Å². The summed E-state index contributed by atoms with van der Waals surface area (Å²) in [4.78, 5) is 7.71. The monoisotopic (exact) mass is 184 g/mol. The van der Waals surface area contributed by atoms with Gasteiger partial charge in [0.25, 0.3) is 0 Å². The summed E-state index contributed by atoms with van der Waals surface area (Å²) >= 11 is 10.2. The molecule has 0 aliphatic heterocycles. The molecular formula is C7H5ClN2S. The number of aromatic nitrogens is 1. The van der Waals surface area contributed by atoms with E-state index in [0.717, 1.165) is 5.69 Å². The maximum absolute atomic E-state index is 5.77. The van der Waals surface area contributed by atoms with E-state index in [0.29, 0.717) is 10.7 Å². The Morgan fingerprint density at radius 1 is 1.73 bits per heavy atom. The number of aliphatic imine (C=N–C) groups is 1. The first-order valence-electron chi connectivity index (χ1n) is 2.94. The standard InChI is InChI=1S/C7H5ClN2S/c1-5-7(8)2-6(3-9-5)10-4-11/h2-3H,1H3. The van der Waals surface area contributed by atoms with E-state index in [2.05, 4.69) is 27.4 Å². The molecule has 1 rings (SSSR count). The maximum Gasteiger partial charge on any atom is 0.0937 e. The van der Waals surface area contributed by atoms with Gasteiger partial charge in [-0.2, -0.15) is 4.99 Å². The van der Waals surface area contributed by atoms with Crippen LogP contribution in [0, 0.1) is 6.92 Å². The van der Waals surface area contributed by atoms with Crippen LogP contribution in [0.15, 0.2) is 17.3 Å². The molecule has 0 unspecified atom stereocenters. The molecule has 0 fully saturated rings. The summed E-state index contributed by atoms with van der Waals surface area (Å²) in [6.07, 6.45) is 1.60. The predicted octanol–water partition coefficient (Wildman–Crippen LogP) is 2.78. The average Bonchev–Trinajstić information content (AvgIpc) is 1.98. The van der Waals surface area contributed by atoms with Crippen LogP contribution in [0.4, 0.5) is 5.69 Å². The number of rotatable bonds is 1. The van der Waals surface area contributed by atoms with Gasteiger partial charge in [0, 0.05) is 0 Å². The smallest absolute Gasteiger partial charge is 0.0937 e. The van der Waals surface area contributed by atoms with E-state index >= 15 is 0 Å². The van der Waals surface area contributed by atoms with Gasteiger partial charge < -0.3 is 0 Å². The zero-order valence-corrected chi connectivity index (χ0v) is 7.41. The van der Waals surface area contributed by atoms with Crippen LogP contribution in [-0.2, 0) is 0 Å². The van der Waals surface area contributed by atoms with Crippen LogP contribution in [0.25, 0.3) is 0 Å². The summed E-state index contributed by atoms with van der Waals surface area (Å²) in [5.41, 5.74) is 1.42. The number of isothiocyanates is 1. The summed E-state index contributed by atoms with van der Waals surface area (Å²) in [5, 5.41) is 2.83. The van der Waals surface area contributed by atoms with Crippen molar-refractivity contribution in [3.63, 3.8) is 0 Å². The van der Waals surface area contributed by atoms with Crippen molar-refractivity contribution in [2.75, 3.05) is 0 Å². The topological polar surface area (TPSA) is 25.2 Å². The highest BCUT2D eigenvalue weighted by molar-refractivity contribution is 7.78. The predicted molar refractivity (Wildman–Crippen MR) is 48.7 cm³/mol. The number of hydrogen-bond donors (Lipinski definition) is 0. The van der Waals surface area contributed by atoms with E-state index in [-0.39, 0.29) is 0 Å². The second-order valence-electron chi connectivity index (χ2n) is 1.96. The molecule has 1 aromatic heterocycles. The van der Waals surface area contributed by atoms with Crippen LogP contribution < -0.4 is 0 Å². The molecule has 0 atom stereocenters. The van der Waals surface area contributed by atoms with Gasteiger partial charge >= 0.3 is 0 Å². The first-order chi connectivity index (χ1) is 5.24. The normalized spacial score (nSPS) is 8.91. The Morgan fingerprint density at radius 2 is 2.45 bits per heavy atom. The van der Waals surface area contributed by atoms with Crippen molar-refractivity contribution in [2.24, 2.45) is 4.99 Å². The lowest BCUT2D eigenvalue weighted by atomic mass is 10.3. The maximum atomic E-state index is 5.77. The van der Waals surface area contributed by atoms with E-state index in [1.807, 2.05) is 6.92 Å². The fraction of sp³-hybridized carbons (Fsp3) is 0.143. The Balaban J connectivity index is 3.14. The summed E-state index contributed by atoms with van der Waals surface area (Å²) in [5.74, 6) is 0. The Bertz CT molecular complexity index is 318. The molecule has 1 heterocycles. The summed E-state index contributed by atoms with van der Waals surface area (Å²) < 4.78 is 0. The van der Waals surface area contributed by atoms with Gasteiger partial charge in [-0.25, -0.2) is 0 Å². The summed E-state index contributed by atoms with van der Waals surface area (Å²) in [7, 11) is 0. The Kier molecular flexibility index (Phi) is 2.71. The van der Waals surface area contributed by atoms with Gasteiger partial charge in [-0.05, 0) is 25.2 Å². The molecule has 0 radical (unpaired) electrons. The molecule has 0 aliphatic rings. The zero-order chi connectivity index (χ0) is 8.27. The molecule has 0 saturated heterocycles. The number of pyridine rings is 1. The summed E-state index contributed by atoms with van der Waals surface area (Å²) in [6, 6.07) is 1.70. The molecular weight excluding hydrogens is 180 g/mol. The summed E-state index contributed by atoms with van der Waals surface area (Å²) in [6.45, 7) is 1.83. The minimum Gasteiger partial charge on any atom is -0.258 e. The average molecular weight is 185 g/mol. The third-order valence-corrected chi connectivity index (χ3v) is 1.66. The van der Waals surface area contributed by atoms with Gasteiger partial charge in [0.15, 0.2) is 0 Å². The van der Waals surface area contributed by atoms with Crippen LogP contribution in [-0.4, -0.2) is 10.1 Å². The lowest BCUT2D eigenvalue weighted by Gasteiger charge is -1.95. The third-order valence-electron chi connectivity index (χ3n) is 1.19.